The van der Waals surface area contributed by atoms with Crippen molar-refractivity contribution in [3.8, 4) is 0 Å². The van der Waals surface area contributed by atoms with Crippen molar-refractivity contribution in [3.05, 3.63) is 18.3 Å². The molecule has 88 valence electrons. The molecule has 0 amide bonds. The molecule has 2 nitrogen and oxygen atoms in total. The van der Waals surface area contributed by atoms with Crippen molar-refractivity contribution >= 4 is 5.82 Å². The van der Waals surface area contributed by atoms with E-state index in [1.807, 2.05) is 0 Å². The van der Waals surface area contributed by atoms with Gasteiger partial charge >= 0.3 is 0 Å². The van der Waals surface area contributed by atoms with Crippen LogP contribution in [0.5, 0.6) is 0 Å². The third kappa shape index (κ3) is 1.25. The van der Waals surface area contributed by atoms with Crippen molar-refractivity contribution < 1.29 is 0 Å². The Bertz CT molecular complexity index is 385. The molecule has 2 saturated heterocycles. The van der Waals surface area contributed by atoms with Gasteiger partial charge in [-0.2, -0.15) is 0 Å². The number of hydrogen-bond donors (Lipinski definition) is 0. The molecule has 2 aliphatic heterocycles. The molecule has 1 aliphatic carbocycles. The van der Waals surface area contributed by atoms with E-state index in [1.54, 1.807) is 0 Å². The first-order valence-corrected chi connectivity index (χ1v) is 6.52. The predicted octanol–water partition coefficient (Wildman–Crippen LogP) is 3.18. The van der Waals surface area contributed by atoms with E-state index in [2.05, 4.69) is 48.7 Å². The van der Waals surface area contributed by atoms with Gasteiger partial charge in [-0.1, -0.05) is 0 Å². The number of anilines is 1. The molecule has 3 heterocycles. The fourth-order valence-electron chi connectivity index (χ4n) is 3.88. The zero-order valence-corrected chi connectivity index (χ0v) is 10.6. The third-order valence-electron chi connectivity index (χ3n) is 4.94. The maximum absolute atomic E-state index is 2.69. The maximum atomic E-state index is 2.69. The van der Waals surface area contributed by atoms with Crippen LogP contribution in [0.25, 0.3) is 0 Å². The third-order valence-corrected chi connectivity index (χ3v) is 4.94. The van der Waals surface area contributed by atoms with E-state index < -0.39 is 0 Å². The number of nitrogens with zero attached hydrogens (tertiary/aromatic N) is 2. The molecule has 3 aliphatic rings. The maximum Gasteiger partial charge on any atom is 0.108 e. The SMILES string of the molecule is C[C@H]1C2CCC(C)(CC2)N1c1cccn1C. The van der Waals surface area contributed by atoms with E-state index in [0.29, 0.717) is 11.6 Å². The fourth-order valence-corrected chi connectivity index (χ4v) is 3.88. The van der Waals surface area contributed by atoms with Crippen LogP contribution in [0.1, 0.15) is 39.5 Å². The Morgan fingerprint density at radius 1 is 1.31 bits per heavy atom. The standard InChI is InChI=1S/C14H22N2/c1-11-12-6-8-14(2,9-7-12)16(11)13-5-4-10-15(13)3/h4-5,10-12H,6-9H2,1-3H3/t11-,12?,14?/m0/s1. The topological polar surface area (TPSA) is 8.17 Å². The Morgan fingerprint density at radius 3 is 2.50 bits per heavy atom. The Morgan fingerprint density at radius 2 is 2.00 bits per heavy atom. The highest BCUT2D eigenvalue weighted by molar-refractivity contribution is 5.47. The lowest BCUT2D eigenvalue weighted by Crippen LogP contribution is -2.61. The molecule has 2 heteroatoms. The zero-order valence-electron chi connectivity index (χ0n) is 10.6. The van der Waals surface area contributed by atoms with Crippen molar-refractivity contribution in [2.45, 2.75) is 51.1 Å². The van der Waals surface area contributed by atoms with E-state index in [0.717, 1.165) is 5.92 Å². The van der Waals surface area contributed by atoms with Gasteiger partial charge in [0, 0.05) is 24.8 Å². The van der Waals surface area contributed by atoms with Gasteiger partial charge in [-0.25, -0.2) is 0 Å². The lowest BCUT2D eigenvalue weighted by atomic mass is 9.68. The lowest BCUT2D eigenvalue weighted by Gasteiger charge is -2.58. The molecule has 0 radical (unpaired) electrons. The van der Waals surface area contributed by atoms with Crippen LogP contribution in [0.3, 0.4) is 0 Å². The van der Waals surface area contributed by atoms with Gasteiger partial charge in [0.15, 0.2) is 0 Å². The predicted molar refractivity (Wildman–Crippen MR) is 67.7 cm³/mol. The number of hydrogen-bond acceptors (Lipinski definition) is 1. The summed E-state index contributed by atoms with van der Waals surface area (Å²) in [6.07, 6.45) is 7.76. The molecule has 1 atom stereocenters. The van der Waals surface area contributed by atoms with Crippen molar-refractivity contribution in [2.24, 2.45) is 13.0 Å². The van der Waals surface area contributed by atoms with Crippen molar-refractivity contribution in [3.63, 3.8) is 0 Å². The first-order chi connectivity index (χ1) is 7.62. The van der Waals surface area contributed by atoms with Crippen LogP contribution in [0.15, 0.2) is 18.3 Å². The van der Waals surface area contributed by atoms with Gasteiger partial charge in [-0.3, -0.25) is 0 Å². The van der Waals surface area contributed by atoms with Gasteiger partial charge in [0.25, 0.3) is 0 Å². The van der Waals surface area contributed by atoms with Gasteiger partial charge < -0.3 is 9.47 Å². The summed E-state index contributed by atoms with van der Waals surface area (Å²) < 4.78 is 2.27. The van der Waals surface area contributed by atoms with Gasteiger partial charge in [-0.15, -0.1) is 0 Å². The highest BCUT2D eigenvalue weighted by Crippen LogP contribution is 2.48. The summed E-state index contributed by atoms with van der Waals surface area (Å²) in [4.78, 5) is 2.69. The van der Waals surface area contributed by atoms with Crippen LogP contribution < -0.4 is 4.90 Å². The van der Waals surface area contributed by atoms with Crippen LogP contribution in [0.4, 0.5) is 5.82 Å². The highest BCUT2D eigenvalue weighted by Gasteiger charge is 2.47. The molecule has 0 spiro atoms. The Hall–Kier alpha value is -0.920. The van der Waals surface area contributed by atoms with Gasteiger partial charge in [0.05, 0.1) is 0 Å². The zero-order chi connectivity index (χ0) is 11.3. The second kappa shape index (κ2) is 3.28. The smallest absolute Gasteiger partial charge is 0.108 e. The van der Waals surface area contributed by atoms with Crippen LogP contribution in [-0.4, -0.2) is 16.1 Å². The second-order valence-electron chi connectivity index (χ2n) is 5.92. The normalized spacial score (nSPS) is 38.1. The minimum Gasteiger partial charge on any atom is -0.350 e. The Kier molecular flexibility index (Phi) is 2.10. The van der Waals surface area contributed by atoms with E-state index >= 15 is 0 Å². The van der Waals surface area contributed by atoms with Crippen LogP contribution >= 0.6 is 0 Å². The molecule has 4 rings (SSSR count). The largest absolute Gasteiger partial charge is 0.350 e. The number of rotatable bonds is 1. The van der Waals surface area contributed by atoms with Crippen molar-refractivity contribution in [1.82, 2.24) is 4.57 Å². The summed E-state index contributed by atoms with van der Waals surface area (Å²) in [5.41, 5.74) is 0.403. The average Bonchev–Trinajstić information content (AvgIpc) is 2.65. The molecule has 1 saturated carbocycles. The second-order valence-corrected chi connectivity index (χ2v) is 5.92. The minimum absolute atomic E-state index is 0.403. The molecule has 16 heavy (non-hydrogen) atoms. The number of piperidine rings is 2. The molecular formula is C14H22N2. The summed E-state index contributed by atoms with van der Waals surface area (Å²) in [5.74, 6) is 2.32. The van der Waals surface area contributed by atoms with E-state index in [1.165, 1.54) is 31.5 Å². The summed E-state index contributed by atoms with van der Waals surface area (Å²) in [6, 6.07) is 5.14. The number of aromatic nitrogens is 1. The first-order valence-electron chi connectivity index (χ1n) is 6.52. The number of aryl methyl sites for hydroxylation is 1. The molecule has 1 aromatic rings. The Labute approximate surface area is 98.2 Å². The molecule has 3 fully saturated rings. The minimum atomic E-state index is 0.403. The van der Waals surface area contributed by atoms with Crippen LogP contribution in [-0.2, 0) is 7.05 Å². The summed E-state index contributed by atoms with van der Waals surface area (Å²) >= 11 is 0. The number of fused-ring (bicyclic) bond motifs is 3. The molecular weight excluding hydrogens is 196 g/mol. The van der Waals surface area contributed by atoms with Gasteiger partial charge in [0.2, 0.25) is 0 Å². The van der Waals surface area contributed by atoms with Gasteiger partial charge in [-0.05, 0) is 57.6 Å². The molecule has 2 bridgehead atoms. The van der Waals surface area contributed by atoms with E-state index in [4.69, 9.17) is 0 Å². The summed E-state index contributed by atoms with van der Waals surface area (Å²) in [7, 11) is 2.16. The van der Waals surface area contributed by atoms with Crippen molar-refractivity contribution in [2.75, 3.05) is 4.90 Å². The van der Waals surface area contributed by atoms with Crippen LogP contribution in [0, 0.1) is 5.92 Å². The fraction of sp³-hybridized carbons (Fsp3) is 0.714. The van der Waals surface area contributed by atoms with Gasteiger partial charge in [0.1, 0.15) is 5.82 Å². The molecule has 0 unspecified atom stereocenters. The molecule has 1 aromatic heterocycles. The highest BCUT2D eigenvalue weighted by atomic mass is 15.3. The quantitative estimate of drug-likeness (QED) is 0.703. The monoisotopic (exact) mass is 218 g/mol. The van der Waals surface area contributed by atoms with E-state index in [-0.39, 0.29) is 0 Å². The van der Waals surface area contributed by atoms with Crippen molar-refractivity contribution in [1.29, 1.82) is 0 Å². The molecule has 0 aromatic carbocycles. The molecule has 0 N–H and O–H groups in total. The van der Waals surface area contributed by atoms with E-state index in [9.17, 15) is 0 Å². The average molecular weight is 218 g/mol. The lowest BCUT2D eigenvalue weighted by molar-refractivity contribution is 0.132. The van der Waals surface area contributed by atoms with Crippen LogP contribution in [0.2, 0.25) is 0 Å². The Balaban J connectivity index is 2.03. The summed E-state index contributed by atoms with van der Waals surface area (Å²) in [6.45, 7) is 4.86. The first kappa shape index (κ1) is 10.2. The summed E-state index contributed by atoms with van der Waals surface area (Å²) in [5, 5.41) is 0.